The first kappa shape index (κ1) is 16.6. The highest BCUT2D eigenvalue weighted by Crippen LogP contribution is 2.26. The number of piperazine rings is 1. The van der Waals surface area contributed by atoms with E-state index >= 15 is 0 Å². The highest BCUT2D eigenvalue weighted by atomic mass is 16.1. The van der Waals surface area contributed by atoms with Gasteiger partial charge in [0.2, 0.25) is 5.95 Å². The molecule has 3 aromatic rings. The quantitative estimate of drug-likeness (QED) is 0.732. The predicted octanol–water partition coefficient (Wildman–Crippen LogP) is 2.68. The summed E-state index contributed by atoms with van der Waals surface area (Å²) >= 11 is 0. The number of hydrogen-bond donors (Lipinski definition) is 1. The average molecular weight is 347 g/mol. The maximum atomic E-state index is 11.3. The second-order valence-corrected chi connectivity index (χ2v) is 6.57. The molecule has 0 atom stereocenters. The van der Waals surface area contributed by atoms with Crippen LogP contribution in [-0.2, 0) is 0 Å². The lowest BCUT2D eigenvalue weighted by atomic mass is 9.99. The number of carbonyl (C=O) groups excluding carboxylic acids is 1. The molecule has 2 aromatic carbocycles. The van der Waals surface area contributed by atoms with Crippen LogP contribution in [0.5, 0.6) is 0 Å². The monoisotopic (exact) mass is 347 g/mol. The standard InChI is InChI=1S/C20H21N5O/c1-24-8-10-25(11-9-24)23-20-21-13-17-12-15(6-7-19(17)22-20)18-5-3-2-4-16(18)14-26/h2-7,12-14H,8-11H2,1H3,(H,21,22,23). The van der Waals surface area contributed by atoms with Gasteiger partial charge in [-0.15, -0.1) is 0 Å². The van der Waals surface area contributed by atoms with E-state index in [0.717, 1.165) is 54.5 Å². The van der Waals surface area contributed by atoms with Crippen LogP contribution >= 0.6 is 0 Å². The molecule has 132 valence electrons. The molecule has 0 spiro atoms. The number of nitrogens with one attached hydrogen (secondary N) is 1. The molecule has 6 heteroatoms. The van der Waals surface area contributed by atoms with Crippen molar-refractivity contribution in [2.75, 3.05) is 38.7 Å². The van der Waals surface area contributed by atoms with Gasteiger partial charge in [0.05, 0.1) is 5.52 Å². The van der Waals surface area contributed by atoms with Crippen LogP contribution in [0, 0.1) is 0 Å². The number of hydrogen-bond acceptors (Lipinski definition) is 6. The summed E-state index contributed by atoms with van der Waals surface area (Å²) in [6, 6.07) is 13.6. The molecule has 0 unspecified atom stereocenters. The van der Waals surface area contributed by atoms with E-state index in [4.69, 9.17) is 0 Å². The molecule has 6 nitrogen and oxygen atoms in total. The van der Waals surface area contributed by atoms with E-state index < -0.39 is 0 Å². The van der Waals surface area contributed by atoms with E-state index in [-0.39, 0.29) is 0 Å². The van der Waals surface area contributed by atoms with Crippen molar-refractivity contribution in [3.8, 4) is 11.1 Å². The molecule has 1 aliphatic rings. The Balaban J connectivity index is 1.59. The van der Waals surface area contributed by atoms with Crippen molar-refractivity contribution in [3.05, 3.63) is 54.2 Å². The topological polar surface area (TPSA) is 61.4 Å². The third-order valence-electron chi connectivity index (χ3n) is 4.74. The smallest absolute Gasteiger partial charge is 0.238 e. The van der Waals surface area contributed by atoms with Crippen LogP contribution in [-0.4, -0.2) is 59.4 Å². The fourth-order valence-corrected chi connectivity index (χ4v) is 3.18. The van der Waals surface area contributed by atoms with Gasteiger partial charge in [0.25, 0.3) is 0 Å². The number of hydrazine groups is 1. The van der Waals surface area contributed by atoms with Gasteiger partial charge in [-0.2, -0.15) is 0 Å². The lowest BCUT2D eigenvalue weighted by molar-refractivity contribution is 0.112. The molecule has 0 aliphatic carbocycles. The van der Waals surface area contributed by atoms with Crippen molar-refractivity contribution in [2.24, 2.45) is 0 Å². The molecule has 26 heavy (non-hydrogen) atoms. The normalized spacial score (nSPS) is 15.9. The largest absolute Gasteiger partial charge is 0.304 e. The summed E-state index contributed by atoms with van der Waals surface area (Å²) in [6.45, 7) is 3.94. The van der Waals surface area contributed by atoms with E-state index in [1.807, 2.05) is 48.7 Å². The van der Waals surface area contributed by atoms with Gasteiger partial charge in [-0.25, -0.2) is 15.0 Å². The number of aromatic nitrogens is 2. The number of aldehydes is 1. The molecule has 0 saturated carbocycles. The van der Waals surface area contributed by atoms with Gasteiger partial charge in [0.15, 0.2) is 6.29 Å². The zero-order chi connectivity index (χ0) is 17.9. The zero-order valence-corrected chi connectivity index (χ0v) is 14.7. The molecule has 1 N–H and O–H groups in total. The number of carbonyl (C=O) groups is 1. The van der Waals surface area contributed by atoms with Crippen LogP contribution in [0.1, 0.15) is 10.4 Å². The van der Waals surface area contributed by atoms with Crippen molar-refractivity contribution in [3.63, 3.8) is 0 Å². The summed E-state index contributed by atoms with van der Waals surface area (Å²) in [5.74, 6) is 0.614. The summed E-state index contributed by atoms with van der Waals surface area (Å²) in [5, 5.41) is 3.10. The molecule has 0 amide bonds. The molecule has 1 fully saturated rings. The molecule has 2 heterocycles. The highest BCUT2D eigenvalue weighted by Gasteiger charge is 2.14. The van der Waals surface area contributed by atoms with Crippen molar-refractivity contribution in [2.45, 2.75) is 0 Å². The molecule has 1 aliphatic heterocycles. The van der Waals surface area contributed by atoms with Gasteiger partial charge in [-0.3, -0.25) is 10.2 Å². The Morgan fingerprint density at radius 1 is 1.08 bits per heavy atom. The molecule has 0 radical (unpaired) electrons. The van der Waals surface area contributed by atoms with Gasteiger partial charge in [0, 0.05) is 43.3 Å². The van der Waals surface area contributed by atoms with Crippen LogP contribution < -0.4 is 5.43 Å². The lowest BCUT2D eigenvalue weighted by Crippen LogP contribution is -2.47. The zero-order valence-electron chi connectivity index (χ0n) is 14.7. The van der Waals surface area contributed by atoms with Gasteiger partial charge in [-0.1, -0.05) is 30.3 Å². The lowest BCUT2D eigenvalue weighted by Gasteiger charge is -2.32. The van der Waals surface area contributed by atoms with Gasteiger partial charge < -0.3 is 4.90 Å². The van der Waals surface area contributed by atoms with Crippen molar-refractivity contribution >= 4 is 23.1 Å². The number of nitrogens with zero attached hydrogens (tertiary/aromatic N) is 4. The summed E-state index contributed by atoms with van der Waals surface area (Å²) in [7, 11) is 2.13. The SMILES string of the molecule is CN1CCN(Nc2ncc3cc(-c4ccccc4C=O)ccc3n2)CC1. The summed E-state index contributed by atoms with van der Waals surface area (Å²) < 4.78 is 0. The van der Waals surface area contributed by atoms with Crippen LogP contribution in [0.25, 0.3) is 22.0 Å². The first-order valence-corrected chi connectivity index (χ1v) is 8.74. The number of likely N-dealkylation sites (N-methyl/N-ethyl adjacent to an activating group) is 1. The van der Waals surface area contributed by atoms with Gasteiger partial charge >= 0.3 is 0 Å². The molecule has 1 aromatic heterocycles. The van der Waals surface area contributed by atoms with Crippen LogP contribution in [0.15, 0.2) is 48.7 Å². The Labute approximate surface area is 152 Å². The highest BCUT2D eigenvalue weighted by molar-refractivity contribution is 5.91. The first-order chi connectivity index (χ1) is 12.7. The molecule has 0 bridgehead atoms. The van der Waals surface area contributed by atoms with Gasteiger partial charge in [-0.05, 0) is 30.3 Å². The Bertz CT molecular complexity index is 934. The summed E-state index contributed by atoms with van der Waals surface area (Å²) in [5.41, 5.74) is 6.77. The van der Waals surface area contributed by atoms with E-state index in [1.165, 1.54) is 0 Å². The molecule has 4 rings (SSSR count). The van der Waals surface area contributed by atoms with Crippen LogP contribution in [0.4, 0.5) is 5.95 Å². The van der Waals surface area contributed by atoms with E-state index in [0.29, 0.717) is 11.5 Å². The molecule has 1 saturated heterocycles. The Morgan fingerprint density at radius 3 is 2.69 bits per heavy atom. The number of fused-ring (bicyclic) bond motifs is 1. The Kier molecular flexibility index (Phi) is 4.60. The Hall–Kier alpha value is -2.83. The van der Waals surface area contributed by atoms with Crippen molar-refractivity contribution in [1.29, 1.82) is 0 Å². The second kappa shape index (κ2) is 7.19. The van der Waals surface area contributed by atoms with Crippen molar-refractivity contribution < 1.29 is 4.79 Å². The molecular weight excluding hydrogens is 326 g/mol. The minimum atomic E-state index is 0.614. The minimum absolute atomic E-state index is 0.614. The Morgan fingerprint density at radius 2 is 1.88 bits per heavy atom. The predicted molar refractivity (Wildman–Crippen MR) is 103 cm³/mol. The van der Waals surface area contributed by atoms with E-state index in [2.05, 4.69) is 32.4 Å². The first-order valence-electron chi connectivity index (χ1n) is 8.74. The summed E-state index contributed by atoms with van der Waals surface area (Å²) in [4.78, 5) is 22.7. The summed E-state index contributed by atoms with van der Waals surface area (Å²) in [6.07, 6.45) is 2.72. The third kappa shape index (κ3) is 3.42. The molecular formula is C20H21N5O. The third-order valence-corrected chi connectivity index (χ3v) is 4.74. The number of anilines is 1. The van der Waals surface area contributed by atoms with Crippen molar-refractivity contribution in [1.82, 2.24) is 19.9 Å². The van der Waals surface area contributed by atoms with Crippen LogP contribution in [0.3, 0.4) is 0 Å². The number of benzene rings is 2. The van der Waals surface area contributed by atoms with E-state index in [9.17, 15) is 4.79 Å². The fraction of sp³-hybridized carbons (Fsp3) is 0.250. The maximum Gasteiger partial charge on any atom is 0.238 e. The fourth-order valence-electron chi connectivity index (χ4n) is 3.18. The maximum absolute atomic E-state index is 11.3. The number of rotatable bonds is 4. The average Bonchev–Trinajstić information content (AvgIpc) is 2.69. The van der Waals surface area contributed by atoms with E-state index in [1.54, 1.807) is 0 Å². The minimum Gasteiger partial charge on any atom is -0.304 e. The van der Waals surface area contributed by atoms with Gasteiger partial charge in [0.1, 0.15) is 0 Å². The van der Waals surface area contributed by atoms with Crippen LogP contribution in [0.2, 0.25) is 0 Å². The second-order valence-electron chi connectivity index (χ2n) is 6.57.